The van der Waals surface area contributed by atoms with E-state index < -0.39 is 0 Å². The van der Waals surface area contributed by atoms with Crippen LogP contribution in [0.25, 0.3) is 0 Å². The largest absolute Gasteiger partial charge is 0.325 e. The number of anilines is 1. The standard InChI is InChI=1S/C23H24N2O/c1-18-10-9-15-21(16-18)24-22(26)17-25(2)23(19-11-5-3-6-12-19)20-13-7-4-8-14-20/h3-16,23H,17H2,1-2H3,(H,24,26). The number of benzene rings is 3. The van der Waals surface area contributed by atoms with E-state index in [9.17, 15) is 4.79 Å². The molecule has 3 heteroatoms. The van der Waals surface area contributed by atoms with E-state index in [1.54, 1.807) is 0 Å². The van der Waals surface area contributed by atoms with Gasteiger partial charge in [-0.1, -0.05) is 72.8 Å². The SMILES string of the molecule is Cc1cccc(NC(=O)CN(C)C(c2ccccc2)c2ccccc2)c1. The molecule has 132 valence electrons. The molecule has 0 aliphatic rings. The lowest BCUT2D eigenvalue weighted by atomic mass is 9.97. The molecule has 3 aromatic carbocycles. The summed E-state index contributed by atoms with van der Waals surface area (Å²) in [5.74, 6) is -0.0186. The Morgan fingerprint density at radius 3 is 2.00 bits per heavy atom. The maximum atomic E-state index is 12.5. The Labute approximate surface area is 155 Å². The van der Waals surface area contributed by atoms with Crippen molar-refractivity contribution >= 4 is 11.6 Å². The Hall–Kier alpha value is -2.91. The van der Waals surface area contributed by atoms with Crippen molar-refractivity contribution in [3.63, 3.8) is 0 Å². The van der Waals surface area contributed by atoms with Crippen LogP contribution >= 0.6 is 0 Å². The normalized spacial score (nSPS) is 10.9. The Bertz CT molecular complexity index is 807. The molecule has 1 amide bonds. The molecule has 0 aliphatic heterocycles. The first-order chi connectivity index (χ1) is 12.6. The highest BCUT2D eigenvalue weighted by Gasteiger charge is 2.21. The van der Waals surface area contributed by atoms with Gasteiger partial charge in [-0.25, -0.2) is 0 Å². The Morgan fingerprint density at radius 2 is 1.46 bits per heavy atom. The van der Waals surface area contributed by atoms with E-state index in [0.717, 1.165) is 11.3 Å². The number of carbonyl (C=O) groups excluding carboxylic acids is 1. The first-order valence-corrected chi connectivity index (χ1v) is 8.80. The van der Waals surface area contributed by atoms with Crippen molar-refractivity contribution in [1.29, 1.82) is 0 Å². The van der Waals surface area contributed by atoms with Crippen LogP contribution < -0.4 is 5.32 Å². The minimum Gasteiger partial charge on any atom is -0.325 e. The van der Waals surface area contributed by atoms with Crippen molar-refractivity contribution in [2.75, 3.05) is 18.9 Å². The quantitative estimate of drug-likeness (QED) is 0.706. The number of nitrogens with one attached hydrogen (secondary N) is 1. The molecule has 26 heavy (non-hydrogen) atoms. The van der Waals surface area contributed by atoms with Gasteiger partial charge in [0.1, 0.15) is 0 Å². The van der Waals surface area contributed by atoms with Gasteiger partial charge in [-0.15, -0.1) is 0 Å². The Balaban J connectivity index is 1.77. The highest BCUT2D eigenvalue weighted by Crippen LogP contribution is 2.27. The van der Waals surface area contributed by atoms with E-state index >= 15 is 0 Å². The molecule has 0 spiro atoms. The van der Waals surface area contributed by atoms with Crippen LogP contribution in [-0.4, -0.2) is 24.4 Å². The number of nitrogens with zero attached hydrogens (tertiary/aromatic N) is 1. The summed E-state index contributed by atoms with van der Waals surface area (Å²) in [5, 5.41) is 2.99. The lowest BCUT2D eigenvalue weighted by Crippen LogP contribution is -2.33. The second-order valence-electron chi connectivity index (χ2n) is 6.56. The van der Waals surface area contributed by atoms with E-state index in [1.807, 2.05) is 74.6 Å². The zero-order valence-electron chi connectivity index (χ0n) is 15.2. The molecular formula is C23H24N2O. The molecule has 3 nitrogen and oxygen atoms in total. The number of amides is 1. The van der Waals surface area contributed by atoms with Gasteiger partial charge in [0.2, 0.25) is 5.91 Å². The molecule has 0 saturated heterocycles. The molecular weight excluding hydrogens is 320 g/mol. The van der Waals surface area contributed by atoms with Crippen molar-refractivity contribution in [1.82, 2.24) is 4.90 Å². The zero-order valence-corrected chi connectivity index (χ0v) is 15.2. The van der Waals surface area contributed by atoms with Gasteiger partial charge in [-0.3, -0.25) is 9.69 Å². The summed E-state index contributed by atoms with van der Waals surface area (Å²) in [6, 6.07) is 28.5. The number of hydrogen-bond donors (Lipinski definition) is 1. The second-order valence-corrected chi connectivity index (χ2v) is 6.56. The predicted octanol–water partition coefficient (Wildman–Crippen LogP) is 4.65. The number of likely N-dealkylation sites (N-methyl/N-ethyl adjacent to an activating group) is 1. The minimum absolute atomic E-state index is 0.0186. The fourth-order valence-corrected chi connectivity index (χ4v) is 3.21. The maximum absolute atomic E-state index is 12.5. The predicted molar refractivity (Wildman–Crippen MR) is 107 cm³/mol. The summed E-state index contributed by atoms with van der Waals surface area (Å²) in [6.07, 6.45) is 0. The van der Waals surface area contributed by atoms with E-state index in [0.29, 0.717) is 6.54 Å². The Kier molecular flexibility index (Phi) is 5.82. The summed E-state index contributed by atoms with van der Waals surface area (Å²) in [5.41, 5.74) is 4.30. The third-order valence-electron chi connectivity index (χ3n) is 4.37. The smallest absolute Gasteiger partial charge is 0.238 e. The molecule has 0 unspecified atom stereocenters. The summed E-state index contributed by atoms with van der Waals surface area (Å²) >= 11 is 0. The van der Waals surface area contributed by atoms with Crippen molar-refractivity contribution < 1.29 is 4.79 Å². The first-order valence-electron chi connectivity index (χ1n) is 8.80. The van der Waals surface area contributed by atoms with Crippen LogP contribution in [0, 0.1) is 6.92 Å². The summed E-state index contributed by atoms with van der Waals surface area (Å²) in [6.45, 7) is 2.32. The van der Waals surface area contributed by atoms with Crippen LogP contribution in [0.1, 0.15) is 22.7 Å². The first kappa shape index (κ1) is 17.9. The van der Waals surface area contributed by atoms with Gasteiger partial charge in [0, 0.05) is 5.69 Å². The van der Waals surface area contributed by atoms with Crippen LogP contribution in [0.5, 0.6) is 0 Å². The number of hydrogen-bond acceptors (Lipinski definition) is 2. The molecule has 0 bridgehead atoms. The molecule has 3 rings (SSSR count). The van der Waals surface area contributed by atoms with Gasteiger partial charge in [-0.05, 0) is 42.8 Å². The molecule has 0 radical (unpaired) electrons. The molecule has 0 aromatic heterocycles. The molecule has 1 N–H and O–H groups in total. The third kappa shape index (κ3) is 4.58. The molecule has 0 atom stereocenters. The topological polar surface area (TPSA) is 32.3 Å². The van der Waals surface area contributed by atoms with Crippen molar-refractivity contribution in [3.8, 4) is 0 Å². The lowest BCUT2D eigenvalue weighted by Gasteiger charge is -2.28. The van der Waals surface area contributed by atoms with Crippen molar-refractivity contribution in [3.05, 3.63) is 102 Å². The number of carbonyl (C=O) groups is 1. The highest BCUT2D eigenvalue weighted by molar-refractivity contribution is 5.92. The van der Waals surface area contributed by atoms with E-state index in [2.05, 4.69) is 34.5 Å². The molecule has 0 aliphatic carbocycles. The van der Waals surface area contributed by atoms with Gasteiger partial charge < -0.3 is 5.32 Å². The summed E-state index contributed by atoms with van der Waals surface area (Å²) in [7, 11) is 1.99. The van der Waals surface area contributed by atoms with Crippen molar-refractivity contribution in [2.45, 2.75) is 13.0 Å². The molecule has 0 fully saturated rings. The van der Waals surface area contributed by atoms with Crippen LogP contribution in [0.4, 0.5) is 5.69 Å². The van der Waals surface area contributed by atoms with Gasteiger partial charge >= 0.3 is 0 Å². The maximum Gasteiger partial charge on any atom is 0.238 e. The van der Waals surface area contributed by atoms with E-state index in [4.69, 9.17) is 0 Å². The van der Waals surface area contributed by atoms with Gasteiger partial charge in [0.05, 0.1) is 12.6 Å². The molecule has 0 saturated carbocycles. The average molecular weight is 344 g/mol. The fraction of sp³-hybridized carbons (Fsp3) is 0.174. The van der Waals surface area contributed by atoms with Gasteiger partial charge in [0.25, 0.3) is 0 Å². The fourth-order valence-electron chi connectivity index (χ4n) is 3.21. The van der Waals surface area contributed by atoms with E-state index in [-0.39, 0.29) is 11.9 Å². The Morgan fingerprint density at radius 1 is 0.885 bits per heavy atom. The monoisotopic (exact) mass is 344 g/mol. The van der Waals surface area contributed by atoms with Gasteiger partial charge in [-0.2, -0.15) is 0 Å². The van der Waals surface area contributed by atoms with Crippen LogP contribution in [0.3, 0.4) is 0 Å². The number of aryl methyl sites for hydroxylation is 1. The van der Waals surface area contributed by atoms with Gasteiger partial charge in [0.15, 0.2) is 0 Å². The van der Waals surface area contributed by atoms with Crippen molar-refractivity contribution in [2.24, 2.45) is 0 Å². The highest BCUT2D eigenvalue weighted by atomic mass is 16.2. The molecule has 3 aromatic rings. The average Bonchev–Trinajstić information content (AvgIpc) is 2.63. The summed E-state index contributed by atoms with van der Waals surface area (Å²) in [4.78, 5) is 14.6. The van der Waals surface area contributed by atoms with Crippen LogP contribution in [-0.2, 0) is 4.79 Å². The number of rotatable bonds is 6. The zero-order chi connectivity index (χ0) is 18.4. The second kappa shape index (κ2) is 8.45. The minimum atomic E-state index is -0.0186. The molecule has 0 heterocycles. The summed E-state index contributed by atoms with van der Waals surface area (Å²) < 4.78 is 0. The lowest BCUT2D eigenvalue weighted by molar-refractivity contribution is -0.117. The third-order valence-corrected chi connectivity index (χ3v) is 4.37. The van der Waals surface area contributed by atoms with E-state index in [1.165, 1.54) is 11.1 Å². The van der Waals surface area contributed by atoms with Crippen LogP contribution in [0.2, 0.25) is 0 Å². The van der Waals surface area contributed by atoms with Crippen LogP contribution in [0.15, 0.2) is 84.9 Å².